The lowest BCUT2D eigenvalue weighted by Gasteiger charge is -2.12. The number of ether oxygens (including phenoxy) is 1. The Kier molecular flexibility index (Phi) is 4.33. The average Bonchev–Trinajstić information content (AvgIpc) is 3.02. The molecule has 0 aliphatic heterocycles. The van der Waals surface area contributed by atoms with Crippen LogP contribution in [0.5, 0.6) is 5.75 Å². The van der Waals surface area contributed by atoms with Crippen LogP contribution in [0.25, 0.3) is 16.9 Å². The van der Waals surface area contributed by atoms with Crippen LogP contribution in [0.1, 0.15) is 10.5 Å². The normalized spacial score (nSPS) is 11.4. The largest absolute Gasteiger partial charge is 0.573 e. The fourth-order valence-corrected chi connectivity index (χ4v) is 2.23. The minimum Gasteiger partial charge on any atom is -0.476 e. The van der Waals surface area contributed by atoms with Crippen molar-refractivity contribution in [3.8, 4) is 22.7 Å². The van der Waals surface area contributed by atoms with Crippen LogP contribution in [-0.2, 0) is 0 Å². The summed E-state index contributed by atoms with van der Waals surface area (Å²) in [5.74, 6) is -3.59. The second kappa shape index (κ2) is 6.47. The van der Waals surface area contributed by atoms with Gasteiger partial charge in [0, 0.05) is 24.0 Å². The number of hydrogen-bond donors (Lipinski definition) is 1. The molecule has 0 saturated carbocycles. The maximum atomic E-state index is 14.0. The molecule has 1 N–H and O–H groups in total. The van der Waals surface area contributed by atoms with Gasteiger partial charge in [-0.3, -0.25) is 4.98 Å². The second-order valence-electron chi connectivity index (χ2n) is 5.04. The summed E-state index contributed by atoms with van der Waals surface area (Å²) < 4.78 is 55.4. The van der Waals surface area contributed by atoms with Gasteiger partial charge in [-0.2, -0.15) is 5.10 Å². The summed E-state index contributed by atoms with van der Waals surface area (Å²) >= 11 is 0. The van der Waals surface area contributed by atoms with E-state index in [1.54, 1.807) is 12.1 Å². The first kappa shape index (κ1) is 17.4. The smallest absolute Gasteiger partial charge is 0.476 e. The first-order valence-electron chi connectivity index (χ1n) is 7.04. The van der Waals surface area contributed by atoms with Crippen molar-refractivity contribution in [2.24, 2.45) is 0 Å². The molecule has 2 heterocycles. The fourth-order valence-electron chi connectivity index (χ4n) is 2.23. The van der Waals surface area contributed by atoms with Crippen LogP contribution in [0.15, 0.2) is 48.8 Å². The van der Waals surface area contributed by atoms with Crippen molar-refractivity contribution >= 4 is 5.97 Å². The number of alkyl halides is 3. The highest BCUT2D eigenvalue weighted by molar-refractivity contribution is 5.87. The van der Waals surface area contributed by atoms with Gasteiger partial charge in [0.15, 0.2) is 17.3 Å². The summed E-state index contributed by atoms with van der Waals surface area (Å²) in [5, 5.41) is 13.0. The Balaban J connectivity index is 2.09. The second-order valence-corrected chi connectivity index (χ2v) is 5.04. The lowest BCUT2D eigenvalue weighted by molar-refractivity contribution is -0.275. The Bertz CT molecular complexity index is 955. The number of benzene rings is 1. The van der Waals surface area contributed by atoms with Crippen LogP contribution >= 0.6 is 0 Å². The number of carboxylic acid groups (broad SMARTS) is 1. The molecule has 0 spiro atoms. The summed E-state index contributed by atoms with van der Waals surface area (Å²) in [7, 11) is 0. The molecule has 0 bridgehead atoms. The summed E-state index contributed by atoms with van der Waals surface area (Å²) in [6, 6.07) is 7.16. The summed E-state index contributed by atoms with van der Waals surface area (Å²) in [6.45, 7) is 0. The maximum absolute atomic E-state index is 14.0. The van der Waals surface area contributed by atoms with Crippen molar-refractivity contribution in [3.63, 3.8) is 0 Å². The number of nitrogens with zero attached hydrogens (tertiary/aromatic N) is 3. The Labute approximate surface area is 143 Å². The minimum atomic E-state index is -5.04. The van der Waals surface area contributed by atoms with Crippen LogP contribution in [0.2, 0.25) is 0 Å². The van der Waals surface area contributed by atoms with E-state index in [2.05, 4.69) is 14.8 Å². The Morgan fingerprint density at radius 1 is 1.19 bits per heavy atom. The third-order valence-electron chi connectivity index (χ3n) is 3.27. The predicted octanol–water partition coefficient (Wildman–Crippen LogP) is 3.67. The Morgan fingerprint density at radius 3 is 2.54 bits per heavy atom. The van der Waals surface area contributed by atoms with Crippen molar-refractivity contribution in [2.45, 2.75) is 6.36 Å². The van der Waals surface area contributed by atoms with E-state index in [1.807, 2.05) is 0 Å². The highest BCUT2D eigenvalue weighted by Gasteiger charge is 2.32. The van der Waals surface area contributed by atoms with Gasteiger partial charge in [0.05, 0.1) is 11.4 Å². The zero-order valence-electron chi connectivity index (χ0n) is 12.7. The van der Waals surface area contributed by atoms with Crippen LogP contribution in [0.3, 0.4) is 0 Å². The van der Waals surface area contributed by atoms with Gasteiger partial charge in [0.25, 0.3) is 0 Å². The van der Waals surface area contributed by atoms with Crippen LogP contribution in [0, 0.1) is 5.82 Å². The standard InChI is InChI=1S/C16H9F4N3O3/c17-11-6-10(3-4-14(11)26-16(18,19)20)23-13(7-12(22-23)15(24)25)9-2-1-5-21-8-9/h1-8H,(H,24,25). The molecule has 0 radical (unpaired) electrons. The van der Waals surface area contributed by atoms with Gasteiger partial charge >= 0.3 is 12.3 Å². The third kappa shape index (κ3) is 3.63. The first-order chi connectivity index (χ1) is 12.2. The highest BCUT2D eigenvalue weighted by Crippen LogP contribution is 2.29. The molecule has 0 saturated heterocycles. The van der Waals surface area contributed by atoms with Crippen molar-refractivity contribution in [3.05, 3.63) is 60.3 Å². The molecular formula is C16H9F4N3O3. The zero-order valence-corrected chi connectivity index (χ0v) is 12.7. The summed E-state index contributed by atoms with van der Waals surface area (Å²) in [4.78, 5) is 15.1. The van der Waals surface area contributed by atoms with Crippen molar-refractivity contribution in [1.29, 1.82) is 0 Å². The van der Waals surface area contributed by atoms with E-state index in [0.717, 1.165) is 22.9 Å². The summed E-state index contributed by atoms with van der Waals surface area (Å²) in [6.07, 6.45) is -2.09. The molecule has 0 aliphatic carbocycles. The van der Waals surface area contributed by atoms with Crippen molar-refractivity contribution in [1.82, 2.24) is 14.8 Å². The molecule has 2 aromatic heterocycles. The van der Waals surface area contributed by atoms with E-state index in [-0.39, 0.29) is 17.1 Å². The number of pyridine rings is 1. The molecule has 3 aromatic rings. The molecule has 1 aromatic carbocycles. The average molecular weight is 367 g/mol. The van der Waals surface area contributed by atoms with Crippen LogP contribution in [0.4, 0.5) is 17.6 Å². The van der Waals surface area contributed by atoms with E-state index < -0.39 is 23.9 Å². The maximum Gasteiger partial charge on any atom is 0.573 e. The molecule has 0 atom stereocenters. The molecule has 0 aliphatic rings. The lowest BCUT2D eigenvalue weighted by atomic mass is 10.2. The van der Waals surface area contributed by atoms with Gasteiger partial charge in [-0.25, -0.2) is 13.9 Å². The molecule has 26 heavy (non-hydrogen) atoms. The Hall–Kier alpha value is -3.43. The lowest BCUT2D eigenvalue weighted by Crippen LogP contribution is -2.18. The zero-order chi connectivity index (χ0) is 18.9. The molecule has 0 fully saturated rings. The monoisotopic (exact) mass is 367 g/mol. The molecular weight excluding hydrogens is 358 g/mol. The SMILES string of the molecule is O=C(O)c1cc(-c2cccnc2)n(-c2ccc(OC(F)(F)F)c(F)c2)n1. The van der Waals surface area contributed by atoms with Gasteiger partial charge < -0.3 is 9.84 Å². The van der Waals surface area contributed by atoms with E-state index >= 15 is 0 Å². The van der Waals surface area contributed by atoms with E-state index in [1.165, 1.54) is 18.5 Å². The number of carboxylic acids is 1. The van der Waals surface area contributed by atoms with Crippen LogP contribution in [-0.4, -0.2) is 32.2 Å². The highest BCUT2D eigenvalue weighted by atomic mass is 19.4. The topological polar surface area (TPSA) is 77.2 Å². The number of halogens is 4. The number of hydrogen-bond acceptors (Lipinski definition) is 4. The van der Waals surface area contributed by atoms with Gasteiger partial charge in [-0.1, -0.05) is 0 Å². The minimum absolute atomic E-state index is 0.0170. The number of aromatic carboxylic acids is 1. The van der Waals surface area contributed by atoms with Crippen molar-refractivity contribution < 1.29 is 32.2 Å². The fraction of sp³-hybridized carbons (Fsp3) is 0.0625. The summed E-state index contributed by atoms with van der Waals surface area (Å²) in [5.41, 5.74) is 0.464. The van der Waals surface area contributed by atoms with Gasteiger partial charge in [-0.05, 0) is 30.3 Å². The van der Waals surface area contributed by atoms with Crippen LogP contribution < -0.4 is 4.74 Å². The van der Waals surface area contributed by atoms with Crippen molar-refractivity contribution in [2.75, 3.05) is 0 Å². The van der Waals surface area contributed by atoms with E-state index in [9.17, 15) is 22.4 Å². The predicted molar refractivity (Wildman–Crippen MR) is 80.4 cm³/mol. The number of rotatable bonds is 4. The third-order valence-corrected chi connectivity index (χ3v) is 3.27. The van der Waals surface area contributed by atoms with E-state index in [0.29, 0.717) is 5.56 Å². The van der Waals surface area contributed by atoms with Gasteiger partial charge in [0.2, 0.25) is 0 Å². The molecule has 10 heteroatoms. The quantitative estimate of drug-likeness (QED) is 0.712. The molecule has 6 nitrogen and oxygen atoms in total. The molecule has 134 valence electrons. The molecule has 0 unspecified atom stereocenters. The Morgan fingerprint density at radius 2 is 1.96 bits per heavy atom. The molecule has 0 amide bonds. The molecule has 3 rings (SSSR count). The van der Waals surface area contributed by atoms with Gasteiger partial charge in [0.1, 0.15) is 0 Å². The van der Waals surface area contributed by atoms with E-state index in [4.69, 9.17) is 5.11 Å². The number of aromatic nitrogens is 3. The number of carbonyl (C=O) groups is 1. The van der Waals surface area contributed by atoms with Gasteiger partial charge in [-0.15, -0.1) is 13.2 Å². The first-order valence-corrected chi connectivity index (χ1v) is 7.04.